The van der Waals surface area contributed by atoms with Crippen molar-refractivity contribution in [1.29, 1.82) is 5.41 Å². The topological polar surface area (TPSA) is 58.0 Å². The van der Waals surface area contributed by atoms with Gasteiger partial charge in [0.05, 0.1) is 16.4 Å². The Morgan fingerprint density at radius 1 is 1.25 bits per heavy atom. The van der Waals surface area contributed by atoms with Crippen LogP contribution in [-0.2, 0) is 9.84 Å². The molecule has 0 unspecified atom stereocenters. The first-order chi connectivity index (χ1) is 5.61. The van der Waals surface area contributed by atoms with Gasteiger partial charge in [0.15, 0.2) is 9.84 Å². The Hall–Kier alpha value is -1.16. The molecule has 0 atom stereocenters. The molecule has 1 aromatic rings. The van der Waals surface area contributed by atoms with E-state index in [-0.39, 0.29) is 11.5 Å². The van der Waals surface area contributed by atoms with Crippen molar-refractivity contribution in [3.8, 4) is 0 Å². The second kappa shape index (κ2) is 2.17. The molecule has 1 aliphatic rings. The lowest BCUT2D eigenvalue weighted by atomic mass is 10.1. The Bertz CT molecular complexity index is 448. The van der Waals surface area contributed by atoms with Crippen LogP contribution in [0.2, 0.25) is 0 Å². The SMILES string of the molecule is N=C1CS(=O)(=O)c2ccccc21. The number of hydrogen-bond donors (Lipinski definition) is 1. The zero-order valence-corrected chi connectivity index (χ0v) is 7.06. The second-order valence-electron chi connectivity index (χ2n) is 2.73. The summed E-state index contributed by atoms with van der Waals surface area (Å²) in [5.41, 5.74) is 0.753. The van der Waals surface area contributed by atoms with Gasteiger partial charge in [-0.05, 0) is 6.07 Å². The first kappa shape index (κ1) is 7.49. The minimum absolute atomic E-state index is 0.146. The van der Waals surface area contributed by atoms with Gasteiger partial charge in [0.1, 0.15) is 0 Å². The number of sulfone groups is 1. The Kier molecular flexibility index (Phi) is 1.35. The Balaban J connectivity index is 2.83. The average Bonchev–Trinajstić information content (AvgIpc) is 2.25. The molecule has 2 rings (SSSR count). The summed E-state index contributed by atoms with van der Waals surface area (Å²) in [6.07, 6.45) is 0. The molecule has 0 radical (unpaired) electrons. The van der Waals surface area contributed by atoms with Gasteiger partial charge in [0.2, 0.25) is 0 Å². The highest BCUT2D eigenvalue weighted by molar-refractivity contribution is 7.92. The standard InChI is InChI=1S/C8H7NO2S/c9-7-5-12(10,11)8-4-2-1-3-6(7)8/h1-4,9H,5H2. The minimum Gasteiger partial charge on any atom is -0.304 e. The van der Waals surface area contributed by atoms with Crippen LogP contribution in [0, 0.1) is 5.41 Å². The van der Waals surface area contributed by atoms with Gasteiger partial charge in [-0.3, -0.25) is 0 Å². The van der Waals surface area contributed by atoms with E-state index in [1.165, 1.54) is 0 Å². The maximum absolute atomic E-state index is 11.3. The zero-order chi connectivity index (χ0) is 8.77. The van der Waals surface area contributed by atoms with E-state index in [1.807, 2.05) is 0 Å². The minimum atomic E-state index is -3.18. The fraction of sp³-hybridized carbons (Fsp3) is 0.125. The molecule has 3 nitrogen and oxygen atoms in total. The predicted octanol–water partition coefficient (Wildman–Crippen LogP) is 0.842. The third kappa shape index (κ3) is 0.881. The van der Waals surface area contributed by atoms with Crippen LogP contribution in [0.15, 0.2) is 29.2 Å². The van der Waals surface area contributed by atoms with E-state index < -0.39 is 9.84 Å². The smallest absolute Gasteiger partial charge is 0.184 e. The van der Waals surface area contributed by atoms with Crippen molar-refractivity contribution >= 4 is 15.5 Å². The van der Waals surface area contributed by atoms with Gasteiger partial charge < -0.3 is 5.41 Å². The van der Waals surface area contributed by atoms with Gasteiger partial charge in [0.25, 0.3) is 0 Å². The van der Waals surface area contributed by atoms with Crippen LogP contribution >= 0.6 is 0 Å². The van der Waals surface area contributed by atoms with Crippen LogP contribution in [-0.4, -0.2) is 19.9 Å². The summed E-state index contributed by atoms with van der Waals surface area (Å²) in [6.45, 7) is 0. The van der Waals surface area contributed by atoms with Crippen LogP contribution in [0.1, 0.15) is 5.56 Å². The van der Waals surface area contributed by atoms with E-state index in [2.05, 4.69) is 0 Å². The van der Waals surface area contributed by atoms with Crippen molar-refractivity contribution in [2.45, 2.75) is 4.90 Å². The van der Waals surface area contributed by atoms with E-state index >= 15 is 0 Å². The normalized spacial score (nSPS) is 19.2. The molecule has 1 heterocycles. The number of rotatable bonds is 0. The van der Waals surface area contributed by atoms with Gasteiger partial charge in [-0.2, -0.15) is 0 Å². The van der Waals surface area contributed by atoms with Gasteiger partial charge >= 0.3 is 0 Å². The van der Waals surface area contributed by atoms with Crippen molar-refractivity contribution < 1.29 is 8.42 Å². The van der Waals surface area contributed by atoms with Gasteiger partial charge in [-0.25, -0.2) is 8.42 Å². The van der Waals surface area contributed by atoms with E-state index in [1.54, 1.807) is 24.3 Å². The van der Waals surface area contributed by atoms with Crippen molar-refractivity contribution in [2.75, 3.05) is 5.75 Å². The summed E-state index contributed by atoms with van der Waals surface area (Å²) in [6, 6.07) is 6.64. The Morgan fingerprint density at radius 2 is 1.92 bits per heavy atom. The highest BCUT2D eigenvalue weighted by Crippen LogP contribution is 2.24. The third-order valence-corrected chi connectivity index (χ3v) is 3.58. The maximum Gasteiger partial charge on any atom is 0.184 e. The summed E-state index contributed by atoms with van der Waals surface area (Å²) in [5, 5.41) is 7.41. The molecule has 62 valence electrons. The number of hydrogen-bond acceptors (Lipinski definition) is 3. The number of benzene rings is 1. The van der Waals surface area contributed by atoms with Crippen molar-refractivity contribution in [2.24, 2.45) is 0 Å². The predicted molar refractivity (Wildman–Crippen MR) is 45.3 cm³/mol. The van der Waals surface area contributed by atoms with Crippen LogP contribution < -0.4 is 0 Å². The molecule has 1 aliphatic heterocycles. The average molecular weight is 181 g/mol. The lowest BCUT2D eigenvalue weighted by Crippen LogP contribution is -2.03. The van der Waals surface area contributed by atoms with Crippen molar-refractivity contribution in [3.05, 3.63) is 29.8 Å². The van der Waals surface area contributed by atoms with E-state index in [4.69, 9.17) is 5.41 Å². The van der Waals surface area contributed by atoms with Crippen LogP contribution in [0.3, 0.4) is 0 Å². The molecule has 1 N–H and O–H groups in total. The molecule has 0 spiro atoms. The van der Waals surface area contributed by atoms with Crippen LogP contribution in [0.5, 0.6) is 0 Å². The number of nitrogens with one attached hydrogen (secondary N) is 1. The van der Waals surface area contributed by atoms with Crippen molar-refractivity contribution in [1.82, 2.24) is 0 Å². The summed E-state index contributed by atoms with van der Waals surface area (Å²) in [7, 11) is -3.18. The highest BCUT2D eigenvalue weighted by Gasteiger charge is 2.29. The molecule has 1 aromatic carbocycles. The highest BCUT2D eigenvalue weighted by atomic mass is 32.2. The quantitative estimate of drug-likeness (QED) is 0.644. The van der Waals surface area contributed by atoms with Crippen LogP contribution in [0.4, 0.5) is 0 Å². The Labute approximate surface area is 70.5 Å². The molecule has 0 aromatic heterocycles. The van der Waals surface area contributed by atoms with E-state index in [0.717, 1.165) is 0 Å². The van der Waals surface area contributed by atoms with Gasteiger partial charge in [0, 0.05) is 5.56 Å². The monoisotopic (exact) mass is 181 g/mol. The summed E-state index contributed by atoms with van der Waals surface area (Å²) < 4.78 is 22.6. The molecule has 12 heavy (non-hydrogen) atoms. The molecule has 0 bridgehead atoms. The zero-order valence-electron chi connectivity index (χ0n) is 6.24. The lowest BCUT2D eigenvalue weighted by molar-refractivity contribution is 0.601. The Morgan fingerprint density at radius 3 is 2.58 bits per heavy atom. The first-order valence-corrected chi connectivity index (χ1v) is 5.16. The second-order valence-corrected chi connectivity index (χ2v) is 4.69. The lowest BCUT2D eigenvalue weighted by Gasteiger charge is -1.93. The molecular weight excluding hydrogens is 174 g/mol. The molecule has 4 heteroatoms. The molecule has 0 saturated carbocycles. The summed E-state index contributed by atoms with van der Waals surface area (Å²) in [5.74, 6) is -0.146. The number of fused-ring (bicyclic) bond motifs is 1. The van der Waals surface area contributed by atoms with Crippen molar-refractivity contribution in [3.63, 3.8) is 0 Å². The van der Waals surface area contributed by atoms with Crippen LogP contribution in [0.25, 0.3) is 0 Å². The molecule has 0 saturated heterocycles. The summed E-state index contributed by atoms with van der Waals surface area (Å²) in [4.78, 5) is 0.301. The first-order valence-electron chi connectivity index (χ1n) is 3.51. The molecular formula is C8H7NO2S. The van der Waals surface area contributed by atoms with E-state index in [9.17, 15) is 8.42 Å². The summed E-state index contributed by atoms with van der Waals surface area (Å²) >= 11 is 0. The van der Waals surface area contributed by atoms with E-state index in [0.29, 0.717) is 10.5 Å². The third-order valence-electron chi connectivity index (χ3n) is 1.88. The maximum atomic E-state index is 11.3. The van der Waals surface area contributed by atoms with Gasteiger partial charge in [-0.1, -0.05) is 18.2 Å². The van der Waals surface area contributed by atoms with Gasteiger partial charge in [-0.15, -0.1) is 0 Å². The fourth-order valence-corrected chi connectivity index (χ4v) is 2.84. The molecule has 0 fully saturated rings. The largest absolute Gasteiger partial charge is 0.304 e. The molecule has 0 amide bonds. The molecule has 0 aliphatic carbocycles. The fourth-order valence-electron chi connectivity index (χ4n) is 1.33.